The number of aryl methyl sites for hydroxylation is 1. The van der Waals surface area contributed by atoms with Crippen molar-refractivity contribution in [2.45, 2.75) is 46.2 Å². The highest BCUT2D eigenvalue weighted by Gasteiger charge is 2.37. The number of carbonyl (C=O) groups is 3. The fraction of sp³-hybridized carbons (Fsp3) is 0.343. The number of allylic oxidation sites excluding steroid dienone is 1. The van der Waals surface area contributed by atoms with Crippen LogP contribution < -0.4 is 0 Å². The summed E-state index contributed by atoms with van der Waals surface area (Å²) < 4.78 is 5.42. The first-order valence-corrected chi connectivity index (χ1v) is 14.7. The zero-order valence-electron chi connectivity index (χ0n) is 24.7. The third-order valence-electron chi connectivity index (χ3n) is 8.21. The second-order valence-corrected chi connectivity index (χ2v) is 11.1. The van der Waals surface area contributed by atoms with Crippen LogP contribution in [0.3, 0.4) is 0 Å². The van der Waals surface area contributed by atoms with Gasteiger partial charge >= 0.3 is 5.97 Å². The highest BCUT2D eigenvalue weighted by atomic mass is 16.5. The van der Waals surface area contributed by atoms with Crippen molar-refractivity contribution in [2.75, 3.05) is 32.8 Å². The van der Waals surface area contributed by atoms with E-state index in [1.807, 2.05) is 73.3 Å². The third kappa shape index (κ3) is 6.63. The quantitative estimate of drug-likeness (QED) is 0.347. The molecule has 2 aliphatic heterocycles. The number of rotatable bonds is 8. The summed E-state index contributed by atoms with van der Waals surface area (Å²) in [5.74, 6) is -0.748. The van der Waals surface area contributed by atoms with Gasteiger partial charge in [-0.15, -0.1) is 0 Å². The lowest BCUT2D eigenvalue weighted by molar-refractivity contribution is -0.140. The van der Waals surface area contributed by atoms with Gasteiger partial charge in [0.1, 0.15) is 0 Å². The molecule has 0 spiro atoms. The minimum Gasteiger partial charge on any atom is -0.463 e. The fourth-order valence-electron chi connectivity index (χ4n) is 5.92. The normalized spacial score (nSPS) is 17.9. The number of hydrogen-bond donors (Lipinski definition) is 0. The lowest BCUT2D eigenvalue weighted by Crippen LogP contribution is -2.48. The summed E-state index contributed by atoms with van der Waals surface area (Å²) in [6, 6.07) is 25.8. The molecule has 0 aromatic heterocycles. The summed E-state index contributed by atoms with van der Waals surface area (Å²) in [4.78, 5) is 45.7. The van der Waals surface area contributed by atoms with Gasteiger partial charge < -0.3 is 14.5 Å². The number of carbonyl (C=O) groups excluding carboxylic acids is 3. The van der Waals surface area contributed by atoms with E-state index in [4.69, 9.17) is 4.74 Å². The zero-order valence-corrected chi connectivity index (χ0v) is 24.7. The van der Waals surface area contributed by atoms with Crippen molar-refractivity contribution in [3.8, 4) is 0 Å². The van der Waals surface area contributed by atoms with E-state index in [9.17, 15) is 14.4 Å². The van der Waals surface area contributed by atoms with Crippen molar-refractivity contribution in [1.29, 1.82) is 0 Å². The Morgan fingerprint density at radius 1 is 0.833 bits per heavy atom. The van der Waals surface area contributed by atoms with Gasteiger partial charge in [0.15, 0.2) is 0 Å². The number of esters is 1. The lowest BCUT2D eigenvalue weighted by atomic mass is 9.83. The molecule has 0 unspecified atom stereocenters. The Balaban J connectivity index is 1.26. The molecule has 7 nitrogen and oxygen atoms in total. The molecule has 3 aromatic carbocycles. The second-order valence-electron chi connectivity index (χ2n) is 11.1. The number of benzene rings is 3. The molecular formula is C35H39N3O4. The summed E-state index contributed by atoms with van der Waals surface area (Å²) in [5.41, 5.74) is 5.97. The highest BCUT2D eigenvalue weighted by molar-refractivity contribution is 5.96. The maximum Gasteiger partial charge on any atom is 0.336 e. The summed E-state index contributed by atoms with van der Waals surface area (Å²) in [7, 11) is 0. The van der Waals surface area contributed by atoms with Crippen LogP contribution in [0.2, 0.25) is 0 Å². The summed E-state index contributed by atoms with van der Waals surface area (Å²) >= 11 is 0. The van der Waals surface area contributed by atoms with Crippen LogP contribution in [0, 0.1) is 6.92 Å². The Bertz CT molecular complexity index is 1460. The Morgan fingerprint density at radius 3 is 2.19 bits per heavy atom. The first-order chi connectivity index (χ1) is 20.3. The second kappa shape index (κ2) is 13.2. The van der Waals surface area contributed by atoms with E-state index in [1.165, 1.54) is 5.56 Å². The van der Waals surface area contributed by atoms with Crippen molar-refractivity contribution in [3.63, 3.8) is 0 Å². The Kier molecular flexibility index (Phi) is 9.18. The molecule has 218 valence electrons. The molecule has 0 N–H and O–H groups in total. The van der Waals surface area contributed by atoms with E-state index in [1.54, 1.807) is 11.8 Å². The monoisotopic (exact) mass is 565 g/mol. The number of piperazine rings is 1. The van der Waals surface area contributed by atoms with Crippen molar-refractivity contribution in [1.82, 2.24) is 14.7 Å². The van der Waals surface area contributed by atoms with Crippen molar-refractivity contribution in [2.24, 2.45) is 0 Å². The molecule has 7 heteroatoms. The van der Waals surface area contributed by atoms with Crippen molar-refractivity contribution < 1.29 is 19.1 Å². The zero-order chi connectivity index (χ0) is 29.6. The molecule has 2 heterocycles. The molecule has 1 saturated heterocycles. The van der Waals surface area contributed by atoms with Gasteiger partial charge in [0.05, 0.1) is 18.7 Å². The molecule has 0 radical (unpaired) electrons. The molecule has 1 atom stereocenters. The smallest absolute Gasteiger partial charge is 0.336 e. The Morgan fingerprint density at radius 2 is 1.52 bits per heavy atom. The SMILES string of the molecule is CCOC(=O)C1=C(C)N(Cc2ccc(C(=O)N3CCN(Cc4ccccc4)CC3)cc2)C(=O)C[C@@H]1c1cccc(C)c1. The minimum atomic E-state index is -0.385. The van der Waals surface area contributed by atoms with Crippen LogP contribution in [-0.4, -0.2) is 65.3 Å². The number of ether oxygens (including phenoxy) is 1. The van der Waals surface area contributed by atoms with E-state index < -0.39 is 0 Å². The van der Waals surface area contributed by atoms with E-state index in [0.717, 1.165) is 36.3 Å². The predicted octanol–water partition coefficient (Wildman–Crippen LogP) is 5.31. The topological polar surface area (TPSA) is 70.2 Å². The highest BCUT2D eigenvalue weighted by Crippen LogP contribution is 2.38. The van der Waals surface area contributed by atoms with E-state index in [0.29, 0.717) is 36.5 Å². The van der Waals surface area contributed by atoms with Gasteiger partial charge in [-0.3, -0.25) is 14.5 Å². The van der Waals surface area contributed by atoms with Crippen molar-refractivity contribution >= 4 is 17.8 Å². The molecule has 2 amide bonds. The van der Waals surface area contributed by atoms with Crippen molar-refractivity contribution in [3.05, 3.63) is 118 Å². The molecule has 2 aliphatic rings. The van der Waals surface area contributed by atoms with E-state index >= 15 is 0 Å². The van der Waals surface area contributed by atoms with Crippen LogP contribution in [-0.2, 0) is 27.4 Å². The summed E-state index contributed by atoms with van der Waals surface area (Å²) in [6.45, 7) is 10.2. The Labute approximate surface area is 248 Å². The molecule has 1 fully saturated rings. The number of amides is 2. The summed E-state index contributed by atoms with van der Waals surface area (Å²) in [6.07, 6.45) is 0.196. The standard InChI is InChI=1S/C35H39N3O4/c1-4-42-35(41)33-26(3)38(32(39)22-31(33)30-12-8-9-25(2)21-30)24-28-13-15-29(16-14-28)34(40)37-19-17-36(18-20-37)23-27-10-6-5-7-11-27/h5-16,21,31H,4,17-20,22-24H2,1-3H3/t31-/m1/s1. The molecule has 0 bridgehead atoms. The molecule has 0 aliphatic carbocycles. The van der Waals surface area contributed by atoms with Crippen LogP contribution in [0.1, 0.15) is 58.8 Å². The van der Waals surface area contributed by atoms with E-state index in [2.05, 4.69) is 29.2 Å². The first-order valence-electron chi connectivity index (χ1n) is 14.7. The number of nitrogens with zero attached hydrogens (tertiary/aromatic N) is 3. The molecule has 42 heavy (non-hydrogen) atoms. The van der Waals surface area contributed by atoms with Crippen LogP contribution >= 0.6 is 0 Å². The maximum atomic E-state index is 13.4. The van der Waals surface area contributed by atoms with Crippen LogP contribution in [0.15, 0.2) is 90.1 Å². The van der Waals surface area contributed by atoms with Gasteiger partial charge in [-0.1, -0.05) is 72.3 Å². The molecule has 5 rings (SSSR count). The fourth-order valence-corrected chi connectivity index (χ4v) is 5.92. The Hall–Kier alpha value is -4.23. The molecule has 0 saturated carbocycles. The predicted molar refractivity (Wildman–Crippen MR) is 162 cm³/mol. The van der Waals surface area contributed by atoms with Crippen LogP contribution in [0.4, 0.5) is 0 Å². The average Bonchev–Trinajstić information content (AvgIpc) is 3.00. The minimum absolute atomic E-state index is 0.0247. The lowest BCUT2D eigenvalue weighted by Gasteiger charge is -2.35. The first kappa shape index (κ1) is 29.3. The van der Waals surface area contributed by atoms with Crippen LogP contribution in [0.5, 0.6) is 0 Å². The number of hydrogen-bond acceptors (Lipinski definition) is 5. The van der Waals surface area contributed by atoms with Gasteiger partial charge in [0.25, 0.3) is 5.91 Å². The summed E-state index contributed by atoms with van der Waals surface area (Å²) in [5, 5.41) is 0. The van der Waals surface area contributed by atoms with Crippen LogP contribution in [0.25, 0.3) is 0 Å². The van der Waals surface area contributed by atoms with Gasteiger partial charge in [0, 0.05) is 56.3 Å². The third-order valence-corrected chi connectivity index (χ3v) is 8.21. The molecular weight excluding hydrogens is 526 g/mol. The van der Waals surface area contributed by atoms with E-state index in [-0.39, 0.29) is 36.7 Å². The van der Waals surface area contributed by atoms with Gasteiger partial charge in [0.2, 0.25) is 5.91 Å². The largest absolute Gasteiger partial charge is 0.463 e. The average molecular weight is 566 g/mol. The molecule has 3 aromatic rings. The van der Waals surface area contributed by atoms with Gasteiger partial charge in [-0.25, -0.2) is 4.79 Å². The van der Waals surface area contributed by atoms with Gasteiger partial charge in [-0.2, -0.15) is 0 Å². The maximum absolute atomic E-state index is 13.4. The van der Waals surface area contributed by atoms with Gasteiger partial charge in [-0.05, 0) is 49.6 Å².